The predicted octanol–water partition coefficient (Wildman–Crippen LogP) is 3.00. The number of oxime groups is 1. The standard InChI is InChI=1S/C18H15ClF3N7O4S/c19-13-5-9(18(20,21)22)7-24-15(13)25-8-12-6-14(27-33-12)16(30)26-28(17(23)34)10-1-3-11(4-2-10)29(31)32/h1-5,7,12H,6,8H2,(H2,23,34)(H,24,25)(H,26,30). The summed E-state index contributed by atoms with van der Waals surface area (Å²) in [4.78, 5) is 31.6. The predicted molar refractivity (Wildman–Crippen MR) is 120 cm³/mol. The van der Waals surface area contributed by atoms with E-state index in [9.17, 15) is 28.1 Å². The third-order valence-corrected chi connectivity index (χ3v) is 4.88. The number of benzene rings is 1. The number of amides is 1. The van der Waals surface area contributed by atoms with Crippen molar-refractivity contribution in [3.63, 3.8) is 0 Å². The van der Waals surface area contributed by atoms with Gasteiger partial charge in [0.15, 0.2) is 11.2 Å². The van der Waals surface area contributed by atoms with Gasteiger partial charge in [-0.25, -0.2) is 9.99 Å². The Kier molecular flexibility index (Phi) is 7.36. The number of rotatable bonds is 6. The SMILES string of the molecule is NC(=S)N(NC(=O)C1=NOC(CNc2ncc(C(F)(F)F)cc2Cl)C1)c1ccc([N+](=O)[O-])cc1. The van der Waals surface area contributed by atoms with Crippen LogP contribution in [0.5, 0.6) is 0 Å². The van der Waals surface area contributed by atoms with Crippen molar-refractivity contribution in [2.45, 2.75) is 18.7 Å². The van der Waals surface area contributed by atoms with Crippen molar-refractivity contribution >= 4 is 57.7 Å². The number of nitrogens with zero attached hydrogens (tertiary/aromatic N) is 4. The van der Waals surface area contributed by atoms with Gasteiger partial charge in [0.25, 0.3) is 11.6 Å². The minimum Gasteiger partial charge on any atom is -0.390 e. The molecule has 1 aliphatic rings. The molecule has 16 heteroatoms. The largest absolute Gasteiger partial charge is 0.417 e. The Bertz CT molecular complexity index is 1150. The Morgan fingerprint density at radius 3 is 2.62 bits per heavy atom. The summed E-state index contributed by atoms with van der Waals surface area (Å²) in [6.45, 7) is 0.0414. The van der Waals surface area contributed by atoms with E-state index in [2.05, 4.69) is 20.9 Å². The van der Waals surface area contributed by atoms with Gasteiger partial charge in [0.1, 0.15) is 11.5 Å². The number of hydrogen-bond donors (Lipinski definition) is 3. The molecule has 180 valence electrons. The molecule has 2 heterocycles. The maximum absolute atomic E-state index is 12.7. The molecule has 3 rings (SSSR count). The number of hydrazine groups is 1. The molecule has 1 atom stereocenters. The van der Waals surface area contributed by atoms with E-state index in [-0.39, 0.29) is 46.0 Å². The molecule has 11 nitrogen and oxygen atoms in total. The number of nitro benzene ring substituents is 1. The lowest BCUT2D eigenvalue weighted by Gasteiger charge is -2.23. The lowest BCUT2D eigenvalue weighted by molar-refractivity contribution is -0.384. The number of hydrogen-bond acceptors (Lipinski definition) is 8. The highest BCUT2D eigenvalue weighted by molar-refractivity contribution is 7.80. The Hall–Kier alpha value is -3.72. The summed E-state index contributed by atoms with van der Waals surface area (Å²) in [5, 5.41) is 17.8. The van der Waals surface area contributed by atoms with E-state index in [1.54, 1.807) is 0 Å². The van der Waals surface area contributed by atoms with E-state index in [1.165, 1.54) is 24.3 Å². The molecule has 0 bridgehead atoms. The molecule has 4 N–H and O–H groups in total. The van der Waals surface area contributed by atoms with Crippen molar-refractivity contribution in [3.8, 4) is 0 Å². The maximum atomic E-state index is 12.7. The van der Waals surface area contributed by atoms with Crippen LogP contribution >= 0.6 is 23.8 Å². The highest BCUT2D eigenvalue weighted by Crippen LogP contribution is 2.32. The summed E-state index contributed by atoms with van der Waals surface area (Å²) < 4.78 is 38.1. The van der Waals surface area contributed by atoms with Crippen molar-refractivity contribution in [2.24, 2.45) is 10.9 Å². The number of thiocarbonyl (C=S) groups is 1. The highest BCUT2D eigenvalue weighted by atomic mass is 35.5. The average Bonchev–Trinajstić information content (AvgIpc) is 3.25. The third kappa shape index (κ3) is 5.99. The Morgan fingerprint density at radius 1 is 1.38 bits per heavy atom. The number of carbonyl (C=O) groups is 1. The molecule has 1 aromatic heterocycles. The lowest BCUT2D eigenvalue weighted by atomic mass is 10.1. The molecule has 1 aliphatic heterocycles. The van der Waals surface area contributed by atoms with Gasteiger partial charge in [0, 0.05) is 24.8 Å². The first kappa shape index (κ1) is 24.9. The van der Waals surface area contributed by atoms with Crippen LogP contribution in [0.3, 0.4) is 0 Å². The Balaban J connectivity index is 1.57. The van der Waals surface area contributed by atoms with Crippen molar-refractivity contribution in [3.05, 3.63) is 57.2 Å². The van der Waals surface area contributed by atoms with Crippen LogP contribution in [0.4, 0.5) is 30.4 Å². The molecular formula is C18H15ClF3N7O4S. The first-order chi connectivity index (χ1) is 16.0. The second-order valence-corrected chi connectivity index (χ2v) is 7.62. The van der Waals surface area contributed by atoms with E-state index < -0.39 is 28.7 Å². The number of alkyl halides is 3. The summed E-state index contributed by atoms with van der Waals surface area (Å²) >= 11 is 10.8. The van der Waals surface area contributed by atoms with Crippen LogP contribution in [0.1, 0.15) is 12.0 Å². The van der Waals surface area contributed by atoms with E-state index in [4.69, 9.17) is 34.4 Å². The van der Waals surface area contributed by atoms with Crippen LogP contribution in [0.25, 0.3) is 0 Å². The van der Waals surface area contributed by atoms with Crippen LogP contribution in [-0.2, 0) is 15.8 Å². The van der Waals surface area contributed by atoms with Crippen LogP contribution in [0.15, 0.2) is 41.7 Å². The number of halogens is 4. The molecule has 1 aromatic carbocycles. The fraction of sp³-hybridized carbons (Fsp3) is 0.222. The zero-order chi connectivity index (χ0) is 25.0. The van der Waals surface area contributed by atoms with Crippen molar-refractivity contribution in [2.75, 3.05) is 16.9 Å². The van der Waals surface area contributed by atoms with Gasteiger partial charge in [0.2, 0.25) is 0 Å². The maximum Gasteiger partial charge on any atom is 0.417 e. The van der Waals surface area contributed by atoms with Crippen LogP contribution in [-0.4, -0.2) is 39.3 Å². The van der Waals surface area contributed by atoms with Crippen molar-refractivity contribution < 1.29 is 27.7 Å². The number of nitro groups is 1. The second kappa shape index (κ2) is 10.0. The molecule has 34 heavy (non-hydrogen) atoms. The number of carbonyl (C=O) groups excluding carboxylic acids is 1. The molecule has 0 saturated heterocycles. The quantitative estimate of drug-likeness (QED) is 0.298. The Labute approximate surface area is 199 Å². The summed E-state index contributed by atoms with van der Waals surface area (Å²) in [6.07, 6.45) is -4.53. The number of non-ortho nitro benzene ring substituents is 1. The Morgan fingerprint density at radius 2 is 2.06 bits per heavy atom. The average molecular weight is 518 g/mol. The van der Waals surface area contributed by atoms with Gasteiger partial charge < -0.3 is 15.9 Å². The minimum absolute atomic E-state index is 0.00833. The van der Waals surface area contributed by atoms with E-state index in [0.717, 1.165) is 11.1 Å². The molecule has 0 aliphatic carbocycles. The molecule has 1 unspecified atom stereocenters. The number of nitrogens with two attached hydrogens (primary N) is 1. The summed E-state index contributed by atoms with van der Waals surface area (Å²) in [5.41, 5.74) is 7.18. The zero-order valence-electron chi connectivity index (χ0n) is 16.9. The topological polar surface area (TPSA) is 148 Å². The van der Waals surface area contributed by atoms with Gasteiger partial charge in [-0.2, -0.15) is 13.2 Å². The summed E-state index contributed by atoms with van der Waals surface area (Å²) in [6, 6.07) is 5.86. The first-order valence-electron chi connectivity index (χ1n) is 9.30. The molecule has 1 amide bonds. The van der Waals surface area contributed by atoms with E-state index in [0.29, 0.717) is 6.20 Å². The molecular weight excluding hydrogens is 503 g/mol. The molecule has 0 fully saturated rings. The molecule has 2 aromatic rings. The second-order valence-electron chi connectivity index (χ2n) is 6.79. The fourth-order valence-corrected chi connectivity index (χ4v) is 3.13. The first-order valence-corrected chi connectivity index (χ1v) is 10.1. The number of anilines is 2. The van der Waals surface area contributed by atoms with Gasteiger partial charge in [0.05, 0.1) is 27.7 Å². The van der Waals surface area contributed by atoms with Crippen LogP contribution < -0.4 is 21.5 Å². The molecule has 0 saturated carbocycles. The van der Waals surface area contributed by atoms with Crippen LogP contribution in [0, 0.1) is 10.1 Å². The monoisotopic (exact) mass is 517 g/mol. The molecule has 0 spiro atoms. The normalized spacial score (nSPS) is 15.2. The molecule has 0 radical (unpaired) electrons. The summed E-state index contributed by atoms with van der Waals surface area (Å²) in [5.74, 6) is -0.687. The number of aromatic nitrogens is 1. The van der Waals surface area contributed by atoms with Gasteiger partial charge in [-0.15, -0.1) is 0 Å². The minimum atomic E-state index is -4.58. The fourth-order valence-electron chi connectivity index (χ4n) is 2.74. The highest BCUT2D eigenvalue weighted by Gasteiger charge is 2.32. The van der Waals surface area contributed by atoms with Crippen molar-refractivity contribution in [1.82, 2.24) is 10.4 Å². The van der Waals surface area contributed by atoms with E-state index in [1.807, 2.05) is 0 Å². The van der Waals surface area contributed by atoms with E-state index >= 15 is 0 Å². The zero-order valence-corrected chi connectivity index (χ0v) is 18.4. The van der Waals surface area contributed by atoms with Gasteiger partial charge in [-0.3, -0.25) is 20.3 Å². The summed E-state index contributed by atoms with van der Waals surface area (Å²) in [7, 11) is 0. The van der Waals surface area contributed by atoms with Crippen molar-refractivity contribution in [1.29, 1.82) is 0 Å². The smallest absolute Gasteiger partial charge is 0.390 e. The third-order valence-electron chi connectivity index (χ3n) is 4.41. The number of pyridine rings is 1. The van der Waals surface area contributed by atoms with Gasteiger partial charge in [-0.05, 0) is 30.4 Å². The van der Waals surface area contributed by atoms with Gasteiger partial charge >= 0.3 is 6.18 Å². The van der Waals surface area contributed by atoms with Crippen LogP contribution in [0.2, 0.25) is 5.02 Å². The van der Waals surface area contributed by atoms with Gasteiger partial charge in [-0.1, -0.05) is 16.8 Å². The lowest BCUT2D eigenvalue weighted by Crippen LogP contribution is -2.51. The number of nitrogens with one attached hydrogen (secondary N) is 2.